The van der Waals surface area contributed by atoms with Crippen LogP contribution < -0.4 is 10.6 Å². The van der Waals surface area contributed by atoms with Gasteiger partial charge in [-0.2, -0.15) is 0 Å². The molecule has 0 heterocycles. The van der Waals surface area contributed by atoms with E-state index in [0.29, 0.717) is 0 Å². The number of amides is 2. The van der Waals surface area contributed by atoms with Crippen molar-refractivity contribution in [2.24, 2.45) is 5.41 Å². The number of carbonyl (C=O) groups excluding carboxylic acids is 2. The fourth-order valence-corrected chi connectivity index (χ4v) is 1.55. The number of halogens is 1. The quantitative estimate of drug-likeness (QED) is 0.810. The first-order valence-electron chi connectivity index (χ1n) is 6.57. The van der Waals surface area contributed by atoms with Crippen LogP contribution in [0.5, 0.6) is 0 Å². The number of benzene rings is 1. The van der Waals surface area contributed by atoms with Crippen LogP contribution >= 0.6 is 0 Å². The highest BCUT2D eigenvalue weighted by molar-refractivity contribution is 6.04. The van der Waals surface area contributed by atoms with Gasteiger partial charge in [-0.3, -0.25) is 9.59 Å². The summed E-state index contributed by atoms with van der Waals surface area (Å²) in [6.07, 6.45) is 0. The molecule has 0 atom stereocenters. The highest BCUT2D eigenvalue weighted by Crippen LogP contribution is 2.16. The van der Waals surface area contributed by atoms with Gasteiger partial charge in [0.15, 0.2) is 0 Å². The molecule has 0 aliphatic carbocycles. The summed E-state index contributed by atoms with van der Waals surface area (Å²) in [6, 6.07) is 5.83. The molecule has 0 spiro atoms. The van der Waals surface area contributed by atoms with Crippen LogP contribution in [0.25, 0.3) is 0 Å². The third-order valence-electron chi connectivity index (χ3n) is 2.92. The van der Waals surface area contributed by atoms with E-state index in [9.17, 15) is 14.0 Å². The molecule has 1 aromatic rings. The van der Waals surface area contributed by atoms with Crippen LogP contribution in [-0.2, 0) is 16.1 Å². The highest BCUT2D eigenvalue weighted by atomic mass is 19.1. The maximum absolute atomic E-state index is 12.8. The van der Waals surface area contributed by atoms with Gasteiger partial charge in [-0.25, -0.2) is 4.39 Å². The Labute approximate surface area is 118 Å². The Morgan fingerprint density at radius 3 is 2.20 bits per heavy atom. The maximum Gasteiger partial charge on any atom is 0.235 e. The summed E-state index contributed by atoms with van der Waals surface area (Å²) < 4.78 is 12.8. The standard InChI is InChI=1S/C15H21FN2O2/c1-10(2)18-14(20)15(3,4)13(19)17-9-11-5-7-12(16)8-6-11/h5-8,10H,9H2,1-4H3,(H,17,19)(H,18,20). The molecule has 2 amide bonds. The largest absolute Gasteiger partial charge is 0.353 e. The summed E-state index contributed by atoms with van der Waals surface area (Å²) in [5.41, 5.74) is -0.371. The van der Waals surface area contributed by atoms with Crippen LogP contribution in [0.4, 0.5) is 4.39 Å². The minimum atomic E-state index is -1.15. The second-order valence-corrected chi connectivity index (χ2v) is 5.56. The van der Waals surface area contributed by atoms with Crippen LogP contribution in [0.1, 0.15) is 33.3 Å². The fourth-order valence-electron chi connectivity index (χ4n) is 1.55. The Morgan fingerprint density at radius 1 is 1.15 bits per heavy atom. The van der Waals surface area contributed by atoms with Crippen LogP contribution in [0.2, 0.25) is 0 Å². The minimum Gasteiger partial charge on any atom is -0.353 e. The molecule has 5 heteroatoms. The van der Waals surface area contributed by atoms with Crippen LogP contribution in [0.3, 0.4) is 0 Å². The number of nitrogens with one attached hydrogen (secondary N) is 2. The molecule has 2 N–H and O–H groups in total. The van der Waals surface area contributed by atoms with E-state index < -0.39 is 5.41 Å². The molecule has 20 heavy (non-hydrogen) atoms. The van der Waals surface area contributed by atoms with Gasteiger partial charge in [0.2, 0.25) is 11.8 Å². The Kier molecular flexibility index (Phi) is 5.25. The van der Waals surface area contributed by atoms with E-state index >= 15 is 0 Å². The molecule has 4 nitrogen and oxygen atoms in total. The normalized spacial score (nSPS) is 11.3. The number of carbonyl (C=O) groups is 2. The van der Waals surface area contributed by atoms with Crippen LogP contribution in [0.15, 0.2) is 24.3 Å². The summed E-state index contributed by atoms with van der Waals surface area (Å²) in [5, 5.41) is 5.41. The van der Waals surface area contributed by atoms with Crippen molar-refractivity contribution in [3.8, 4) is 0 Å². The van der Waals surface area contributed by atoms with Gasteiger partial charge < -0.3 is 10.6 Å². The number of rotatable bonds is 5. The summed E-state index contributed by atoms with van der Waals surface area (Å²) in [7, 11) is 0. The lowest BCUT2D eigenvalue weighted by Gasteiger charge is -2.24. The van der Waals surface area contributed by atoms with Gasteiger partial charge in [0.1, 0.15) is 11.2 Å². The van der Waals surface area contributed by atoms with Crippen molar-refractivity contribution in [2.75, 3.05) is 0 Å². The molecule has 0 aliphatic rings. The molecule has 0 saturated carbocycles. The SMILES string of the molecule is CC(C)NC(=O)C(C)(C)C(=O)NCc1ccc(F)cc1. The molecule has 0 aromatic heterocycles. The average Bonchev–Trinajstić information content (AvgIpc) is 2.36. The number of hydrogen-bond acceptors (Lipinski definition) is 2. The van der Waals surface area contributed by atoms with Gasteiger partial charge in [0.05, 0.1) is 0 Å². The van der Waals surface area contributed by atoms with Gasteiger partial charge in [-0.1, -0.05) is 12.1 Å². The number of hydrogen-bond donors (Lipinski definition) is 2. The van der Waals surface area contributed by atoms with Crippen LogP contribution in [-0.4, -0.2) is 17.9 Å². The van der Waals surface area contributed by atoms with E-state index in [-0.39, 0.29) is 30.2 Å². The van der Waals surface area contributed by atoms with Crippen LogP contribution in [0, 0.1) is 11.2 Å². The first-order chi connectivity index (χ1) is 9.23. The summed E-state index contributed by atoms with van der Waals surface area (Å²) in [6.45, 7) is 7.09. The Morgan fingerprint density at radius 2 is 1.70 bits per heavy atom. The molecule has 1 rings (SSSR count). The van der Waals surface area contributed by atoms with E-state index in [0.717, 1.165) is 5.56 Å². The van der Waals surface area contributed by atoms with Gasteiger partial charge in [-0.15, -0.1) is 0 Å². The lowest BCUT2D eigenvalue weighted by Crippen LogP contribution is -2.49. The van der Waals surface area contributed by atoms with Gasteiger partial charge in [0, 0.05) is 12.6 Å². The molecule has 0 aliphatic heterocycles. The third-order valence-corrected chi connectivity index (χ3v) is 2.92. The Bertz CT molecular complexity index is 481. The summed E-state index contributed by atoms with van der Waals surface area (Å²) >= 11 is 0. The Balaban J connectivity index is 2.61. The van der Waals surface area contributed by atoms with Crippen molar-refractivity contribution in [3.05, 3.63) is 35.6 Å². The van der Waals surface area contributed by atoms with Crippen molar-refractivity contribution >= 4 is 11.8 Å². The van der Waals surface area contributed by atoms with E-state index in [1.165, 1.54) is 12.1 Å². The predicted octanol–water partition coefficient (Wildman–Crippen LogP) is 1.99. The van der Waals surface area contributed by atoms with Crippen molar-refractivity contribution in [1.82, 2.24) is 10.6 Å². The lowest BCUT2D eigenvalue weighted by molar-refractivity contribution is -0.141. The monoisotopic (exact) mass is 280 g/mol. The minimum absolute atomic E-state index is 0.0216. The van der Waals surface area contributed by atoms with Gasteiger partial charge in [-0.05, 0) is 45.4 Å². The van der Waals surface area contributed by atoms with Crippen molar-refractivity contribution in [3.63, 3.8) is 0 Å². The molecular formula is C15H21FN2O2. The molecule has 0 bridgehead atoms. The summed E-state index contributed by atoms with van der Waals surface area (Å²) in [4.78, 5) is 24.0. The molecule has 110 valence electrons. The highest BCUT2D eigenvalue weighted by Gasteiger charge is 2.35. The second kappa shape index (κ2) is 6.50. The van der Waals surface area contributed by atoms with Crippen molar-refractivity contribution in [2.45, 2.75) is 40.3 Å². The smallest absolute Gasteiger partial charge is 0.235 e. The predicted molar refractivity (Wildman–Crippen MR) is 75.3 cm³/mol. The second-order valence-electron chi connectivity index (χ2n) is 5.56. The molecule has 0 unspecified atom stereocenters. The zero-order chi connectivity index (χ0) is 15.3. The van der Waals surface area contributed by atoms with E-state index in [2.05, 4.69) is 10.6 Å². The summed E-state index contributed by atoms with van der Waals surface area (Å²) in [5.74, 6) is -0.999. The molecule has 0 radical (unpaired) electrons. The van der Waals surface area contributed by atoms with Crippen molar-refractivity contribution < 1.29 is 14.0 Å². The topological polar surface area (TPSA) is 58.2 Å². The average molecular weight is 280 g/mol. The molecule has 0 saturated heterocycles. The van der Waals surface area contributed by atoms with Gasteiger partial charge in [0.25, 0.3) is 0 Å². The first kappa shape index (κ1) is 16.1. The molecule has 0 fully saturated rings. The first-order valence-corrected chi connectivity index (χ1v) is 6.57. The Hall–Kier alpha value is -1.91. The molecular weight excluding hydrogens is 259 g/mol. The van der Waals surface area contributed by atoms with Crippen molar-refractivity contribution in [1.29, 1.82) is 0 Å². The zero-order valence-electron chi connectivity index (χ0n) is 12.3. The fraction of sp³-hybridized carbons (Fsp3) is 0.467. The third kappa shape index (κ3) is 4.33. The van der Waals surface area contributed by atoms with E-state index in [1.807, 2.05) is 13.8 Å². The molecule has 1 aromatic carbocycles. The zero-order valence-corrected chi connectivity index (χ0v) is 12.3. The van der Waals surface area contributed by atoms with E-state index in [1.54, 1.807) is 26.0 Å². The lowest BCUT2D eigenvalue weighted by atomic mass is 9.90. The maximum atomic E-state index is 12.8. The van der Waals surface area contributed by atoms with E-state index in [4.69, 9.17) is 0 Å². The van der Waals surface area contributed by atoms with Gasteiger partial charge >= 0.3 is 0 Å².